The van der Waals surface area contributed by atoms with Crippen molar-refractivity contribution < 1.29 is 19.4 Å². The van der Waals surface area contributed by atoms with Gasteiger partial charge in [-0.25, -0.2) is 0 Å². The maximum absolute atomic E-state index is 12.5. The van der Waals surface area contributed by atoms with Crippen LogP contribution in [0.4, 0.5) is 0 Å². The number of benzene rings is 1. The summed E-state index contributed by atoms with van der Waals surface area (Å²) in [6, 6.07) is 8.70. The van der Waals surface area contributed by atoms with E-state index < -0.39 is 23.5 Å². The minimum absolute atomic E-state index is 0.339. The minimum Gasteiger partial charge on any atom is -0.481 e. The molecule has 0 spiro atoms. The maximum atomic E-state index is 12.5. The number of nitrogens with zero attached hydrogens (tertiary/aromatic N) is 1. The van der Waals surface area contributed by atoms with Crippen LogP contribution in [0.15, 0.2) is 24.3 Å². The van der Waals surface area contributed by atoms with Gasteiger partial charge in [0.05, 0.1) is 17.0 Å². The van der Waals surface area contributed by atoms with E-state index in [2.05, 4.69) is 5.32 Å². The second-order valence-corrected chi connectivity index (χ2v) is 6.41. The highest BCUT2D eigenvalue weighted by atomic mass is 16.5. The smallest absolute Gasteiger partial charge is 0.308 e. The van der Waals surface area contributed by atoms with Crippen LogP contribution >= 0.6 is 0 Å². The van der Waals surface area contributed by atoms with Crippen molar-refractivity contribution in [1.29, 1.82) is 5.26 Å². The molecule has 0 aromatic heterocycles. The Labute approximate surface area is 141 Å². The van der Waals surface area contributed by atoms with E-state index in [4.69, 9.17) is 10.00 Å². The number of rotatable bonds is 5. The summed E-state index contributed by atoms with van der Waals surface area (Å²) in [4.78, 5) is 24.0. The molecule has 1 fully saturated rings. The summed E-state index contributed by atoms with van der Waals surface area (Å²) in [6.07, 6.45) is 2.08. The summed E-state index contributed by atoms with van der Waals surface area (Å²) in [5.74, 6) is -1.53. The predicted octanol–water partition coefficient (Wildman–Crippen LogP) is 2.48. The molecule has 1 aliphatic carbocycles. The molecule has 6 nitrogen and oxygen atoms in total. The van der Waals surface area contributed by atoms with Crippen LogP contribution in [0, 0.1) is 17.2 Å². The largest absolute Gasteiger partial charge is 0.481 e. The molecule has 24 heavy (non-hydrogen) atoms. The molecule has 6 heteroatoms. The number of nitriles is 1. The molecule has 1 aromatic carbocycles. The van der Waals surface area contributed by atoms with Crippen LogP contribution in [0.1, 0.15) is 45.1 Å². The standard InChI is InChI=1S/C18H22N2O4/c1-12(24-15-9-4-3-7-13(15)11-19)16(21)20-18(2)10-6-5-8-14(18)17(22)23/h3-4,7,9,12,14H,5-6,8,10H2,1-2H3,(H,20,21)(H,22,23). The van der Waals surface area contributed by atoms with Crippen molar-refractivity contribution in [1.82, 2.24) is 5.32 Å². The van der Waals surface area contributed by atoms with E-state index >= 15 is 0 Å². The lowest BCUT2D eigenvalue weighted by Crippen LogP contribution is -2.57. The number of nitrogens with one attached hydrogen (secondary N) is 1. The van der Waals surface area contributed by atoms with E-state index in [1.165, 1.54) is 0 Å². The monoisotopic (exact) mass is 330 g/mol. The fourth-order valence-electron chi connectivity index (χ4n) is 3.17. The lowest BCUT2D eigenvalue weighted by molar-refractivity contribution is -0.147. The fourth-order valence-corrected chi connectivity index (χ4v) is 3.17. The van der Waals surface area contributed by atoms with Crippen LogP contribution in [0.2, 0.25) is 0 Å². The van der Waals surface area contributed by atoms with Crippen LogP contribution < -0.4 is 10.1 Å². The number of aliphatic carboxylic acids is 1. The summed E-state index contributed by atoms with van der Waals surface area (Å²) < 4.78 is 5.60. The zero-order chi connectivity index (χ0) is 17.7. The lowest BCUT2D eigenvalue weighted by Gasteiger charge is -2.40. The highest BCUT2D eigenvalue weighted by Gasteiger charge is 2.42. The first-order chi connectivity index (χ1) is 11.4. The number of ether oxygens (including phenoxy) is 1. The minimum atomic E-state index is -0.888. The van der Waals surface area contributed by atoms with E-state index in [0.717, 1.165) is 12.8 Å². The normalized spacial score (nSPS) is 24.5. The van der Waals surface area contributed by atoms with Gasteiger partial charge < -0.3 is 15.2 Å². The van der Waals surface area contributed by atoms with Gasteiger partial charge in [0.1, 0.15) is 11.8 Å². The average molecular weight is 330 g/mol. The van der Waals surface area contributed by atoms with Crippen molar-refractivity contribution in [3.8, 4) is 11.8 Å². The Morgan fingerprint density at radius 1 is 1.42 bits per heavy atom. The first-order valence-corrected chi connectivity index (χ1v) is 8.08. The van der Waals surface area contributed by atoms with Gasteiger partial charge >= 0.3 is 5.97 Å². The molecule has 1 aliphatic rings. The van der Waals surface area contributed by atoms with Gasteiger partial charge in [-0.1, -0.05) is 25.0 Å². The molecule has 3 atom stereocenters. The number of carbonyl (C=O) groups excluding carboxylic acids is 1. The van der Waals surface area contributed by atoms with Crippen LogP contribution in [-0.4, -0.2) is 28.6 Å². The van der Waals surface area contributed by atoms with Crippen LogP contribution in [0.25, 0.3) is 0 Å². The quantitative estimate of drug-likeness (QED) is 0.864. The SMILES string of the molecule is CC(Oc1ccccc1C#N)C(=O)NC1(C)CCCCC1C(=O)O. The number of hydrogen-bond donors (Lipinski definition) is 2. The molecule has 1 amide bonds. The summed E-state index contributed by atoms with van der Waals surface area (Å²) >= 11 is 0. The molecule has 0 saturated heterocycles. The topological polar surface area (TPSA) is 99.4 Å². The molecule has 0 bridgehead atoms. The fraction of sp³-hybridized carbons (Fsp3) is 0.500. The summed E-state index contributed by atoms with van der Waals surface area (Å²) in [7, 11) is 0. The van der Waals surface area contributed by atoms with Gasteiger partial charge in [-0.2, -0.15) is 5.26 Å². The van der Waals surface area contributed by atoms with Crippen molar-refractivity contribution in [3.05, 3.63) is 29.8 Å². The van der Waals surface area contributed by atoms with Crippen molar-refractivity contribution in [3.63, 3.8) is 0 Å². The Morgan fingerprint density at radius 2 is 2.12 bits per heavy atom. The summed E-state index contributed by atoms with van der Waals surface area (Å²) in [6.45, 7) is 3.37. The van der Waals surface area contributed by atoms with Gasteiger partial charge in [-0.3, -0.25) is 9.59 Å². The Morgan fingerprint density at radius 3 is 2.79 bits per heavy atom. The molecule has 3 unspecified atom stereocenters. The highest BCUT2D eigenvalue weighted by Crippen LogP contribution is 2.34. The molecule has 128 valence electrons. The molecule has 0 aliphatic heterocycles. The second-order valence-electron chi connectivity index (χ2n) is 6.41. The molecule has 0 radical (unpaired) electrons. The number of carboxylic acids is 1. The van der Waals surface area contributed by atoms with Gasteiger partial charge in [-0.05, 0) is 38.8 Å². The summed E-state index contributed by atoms with van der Waals surface area (Å²) in [5, 5.41) is 21.3. The number of carboxylic acid groups (broad SMARTS) is 1. The highest BCUT2D eigenvalue weighted by molar-refractivity contribution is 5.83. The Hall–Kier alpha value is -2.55. The third-order valence-electron chi connectivity index (χ3n) is 4.60. The molecule has 1 saturated carbocycles. The third kappa shape index (κ3) is 3.85. The Balaban J connectivity index is 2.08. The first kappa shape index (κ1) is 17.8. The molecule has 1 aromatic rings. The van der Waals surface area contributed by atoms with E-state index in [-0.39, 0.29) is 5.91 Å². The molecular formula is C18H22N2O4. The number of hydrogen-bond acceptors (Lipinski definition) is 4. The van der Waals surface area contributed by atoms with Crippen LogP contribution in [0.3, 0.4) is 0 Å². The van der Waals surface area contributed by atoms with E-state index in [1.54, 1.807) is 38.1 Å². The molecular weight excluding hydrogens is 308 g/mol. The zero-order valence-corrected chi connectivity index (χ0v) is 13.9. The number of carbonyl (C=O) groups is 2. The second kappa shape index (κ2) is 7.35. The molecule has 2 rings (SSSR count). The molecule has 0 heterocycles. The number of amides is 1. The van der Waals surface area contributed by atoms with E-state index in [0.29, 0.717) is 24.2 Å². The van der Waals surface area contributed by atoms with Crippen LogP contribution in [0.5, 0.6) is 5.75 Å². The van der Waals surface area contributed by atoms with E-state index in [1.807, 2.05) is 6.07 Å². The average Bonchev–Trinajstić information content (AvgIpc) is 2.55. The third-order valence-corrected chi connectivity index (χ3v) is 4.60. The van der Waals surface area contributed by atoms with Crippen molar-refractivity contribution in [2.45, 2.75) is 51.2 Å². The van der Waals surface area contributed by atoms with Gasteiger partial charge in [0.25, 0.3) is 5.91 Å². The van der Waals surface area contributed by atoms with Crippen LogP contribution in [-0.2, 0) is 9.59 Å². The van der Waals surface area contributed by atoms with Crippen molar-refractivity contribution in [2.75, 3.05) is 0 Å². The van der Waals surface area contributed by atoms with Gasteiger partial charge in [0.2, 0.25) is 0 Å². The first-order valence-electron chi connectivity index (χ1n) is 8.08. The van der Waals surface area contributed by atoms with Crippen molar-refractivity contribution in [2.24, 2.45) is 5.92 Å². The zero-order valence-electron chi connectivity index (χ0n) is 13.9. The predicted molar refractivity (Wildman–Crippen MR) is 87.4 cm³/mol. The maximum Gasteiger partial charge on any atom is 0.308 e. The van der Waals surface area contributed by atoms with E-state index in [9.17, 15) is 14.7 Å². The Bertz CT molecular complexity index is 667. The molecule has 2 N–H and O–H groups in total. The van der Waals surface area contributed by atoms with Gasteiger partial charge in [-0.15, -0.1) is 0 Å². The summed E-state index contributed by atoms with van der Waals surface area (Å²) in [5.41, 5.74) is -0.433. The number of para-hydroxylation sites is 1. The van der Waals surface area contributed by atoms with Crippen molar-refractivity contribution >= 4 is 11.9 Å². The Kier molecular flexibility index (Phi) is 5.45. The lowest BCUT2D eigenvalue weighted by atomic mass is 9.74. The van der Waals surface area contributed by atoms with Gasteiger partial charge in [0.15, 0.2) is 6.10 Å². The van der Waals surface area contributed by atoms with Gasteiger partial charge in [0, 0.05) is 0 Å².